The molecule has 0 aliphatic carbocycles. The summed E-state index contributed by atoms with van der Waals surface area (Å²) in [6, 6.07) is 0. The second-order valence-corrected chi connectivity index (χ2v) is 3.49. The molecular formula is C10H16O5. The van der Waals surface area contributed by atoms with Gasteiger partial charge in [-0.15, -0.1) is 0 Å². The molecule has 0 aromatic heterocycles. The summed E-state index contributed by atoms with van der Waals surface area (Å²) in [6.45, 7) is 2.95. The van der Waals surface area contributed by atoms with Gasteiger partial charge in [0.2, 0.25) is 0 Å². The lowest BCUT2D eigenvalue weighted by Crippen LogP contribution is -2.19. The van der Waals surface area contributed by atoms with Gasteiger partial charge >= 0.3 is 12.1 Å². The Kier molecular flexibility index (Phi) is 4.93. The number of esters is 1. The minimum atomic E-state index is -0.536. The van der Waals surface area contributed by atoms with Crippen LogP contribution in [0.2, 0.25) is 0 Å². The van der Waals surface area contributed by atoms with E-state index in [1.165, 1.54) is 0 Å². The van der Waals surface area contributed by atoms with Crippen LogP contribution in [0.3, 0.4) is 0 Å². The highest BCUT2D eigenvalue weighted by molar-refractivity contribution is 5.70. The first-order chi connectivity index (χ1) is 7.18. The van der Waals surface area contributed by atoms with E-state index in [0.717, 1.165) is 19.3 Å². The van der Waals surface area contributed by atoms with Crippen LogP contribution in [0, 0.1) is 0 Å². The van der Waals surface area contributed by atoms with E-state index in [4.69, 9.17) is 4.74 Å². The largest absolute Gasteiger partial charge is 0.508 e. The van der Waals surface area contributed by atoms with Crippen molar-refractivity contribution in [2.24, 2.45) is 0 Å². The molecule has 5 heteroatoms. The Labute approximate surface area is 88.7 Å². The molecule has 2 heterocycles. The summed E-state index contributed by atoms with van der Waals surface area (Å²) in [5, 5.41) is 0. The minimum Gasteiger partial charge on any atom is -0.463 e. The van der Waals surface area contributed by atoms with Crippen molar-refractivity contribution in [3.8, 4) is 0 Å². The highest BCUT2D eigenvalue weighted by Gasteiger charge is 2.14. The molecule has 2 rings (SSSR count). The van der Waals surface area contributed by atoms with Crippen molar-refractivity contribution in [3.63, 3.8) is 0 Å². The third kappa shape index (κ3) is 5.24. The first kappa shape index (κ1) is 11.8. The maximum atomic E-state index is 10.5. The van der Waals surface area contributed by atoms with Gasteiger partial charge in [-0.2, -0.15) is 0 Å². The van der Waals surface area contributed by atoms with Crippen molar-refractivity contribution in [1.82, 2.24) is 0 Å². The number of rotatable bonds is 0. The number of cyclic esters (lactones) is 3. The van der Waals surface area contributed by atoms with Gasteiger partial charge in [0.1, 0.15) is 0 Å². The summed E-state index contributed by atoms with van der Waals surface area (Å²) in [7, 11) is 0. The fraction of sp³-hybridized carbons (Fsp3) is 0.800. The van der Waals surface area contributed by atoms with E-state index >= 15 is 0 Å². The standard InChI is InChI=1S/C6H10O2.C4H6O3/c1-5-3-2-4-6(7)8-5;5-4-6-2-1-3-7-4/h5H,2-4H2,1H3;1-3H2. The number of carbonyl (C=O) groups is 2. The molecule has 2 saturated heterocycles. The Morgan fingerprint density at radius 1 is 1.13 bits per heavy atom. The first-order valence-corrected chi connectivity index (χ1v) is 5.17. The first-order valence-electron chi connectivity index (χ1n) is 5.17. The third-order valence-electron chi connectivity index (χ3n) is 2.05. The Balaban J connectivity index is 0.000000151. The number of ether oxygens (including phenoxy) is 3. The van der Waals surface area contributed by atoms with Crippen LogP contribution in [0.5, 0.6) is 0 Å². The highest BCUT2D eigenvalue weighted by atomic mass is 16.7. The Hall–Kier alpha value is -1.26. The molecule has 2 aliphatic rings. The molecule has 1 atom stereocenters. The van der Waals surface area contributed by atoms with E-state index in [1.807, 2.05) is 6.92 Å². The summed E-state index contributed by atoms with van der Waals surface area (Å²) >= 11 is 0. The second-order valence-electron chi connectivity index (χ2n) is 3.49. The normalized spacial score (nSPS) is 25.3. The molecule has 0 amide bonds. The molecule has 0 aromatic rings. The average molecular weight is 216 g/mol. The molecule has 0 spiro atoms. The summed E-state index contributed by atoms with van der Waals surface area (Å²) < 4.78 is 13.7. The second kappa shape index (κ2) is 6.27. The maximum absolute atomic E-state index is 10.5. The van der Waals surface area contributed by atoms with Gasteiger partial charge in [0.15, 0.2) is 0 Å². The van der Waals surface area contributed by atoms with Crippen molar-refractivity contribution in [3.05, 3.63) is 0 Å². The fourth-order valence-corrected chi connectivity index (χ4v) is 1.29. The zero-order chi connectivity index (χ0) is 11.1. The van der Waals surface area contributed by atoms with Crippen molar-refractivity contribution in [2.75, 3.05) is 13.2 Å². The molecule has 2 aliphatic heterocycles. The van der Waals surface area contributed by atoms with Crippen molar-refractivity contribution >= 4 is 12.1 Å². The molecule has 0 N–H and O–H groups in total. The van der Waals surface area contributed by atoms with E-state index in [0.29, 0.717) is 19.6 Å². The molecule has 0 saturated carbocycles. The molecule has 15 heavy (non-hydrogen) atoms. The van der Waals surface area contributed by atoms with E-state index in [1.54, 1.807) is 0 Å². The zero-order valence-electron chi connectivity index (χ0n) is 8.86. The highest BCUT2D eigenvalue weighted by Crippen LogP contribution is 2.12. The van der Waals surface area contributed by atoms with Gasteiger partial charge < -0.3 is 14.2 Å². The van der Waals surface area contributed by atoms with Crippen molar-refractivity contribution in [1.29, 1.82) is 0 Å². The van der Waals surface area contributed by atoms with E-state index in [9.17, 15) is 9.59 Å². The monoisotopic (exact) mass is 216 g/mol. The quantitative estimate of drug-likeness (QED) is 0.576. The third-order valence-corrected chi connectivity index (χ3v) is 2.05. The van der Waals surface area contributed by atoms with Crippen LogP contribution >= 0.6 is 0 Å². The van der Waals surface area contributed by atoms with E-state index in [2.05, 4.69) is 9.47 Å². The molecule has 86 valence electrons. The van der Waals surface area contributed by atoms with Crippen LogP contribution in [-0.2, 0) is 19.0 Å². The molecule has 1 unspecified atom stereocenters. The number of hydrogen-bond donors (Lipinski definition) is 0. The predicted molar refractivity (Wildman–Crippen MR) is 51.3 cm³/mol. The number of hydrogen-bond acceptors (Lipinski definition) is 5. The Morgan fingerprint density at radius 2 is 1.80 bits per heavy atom. The predicted octanol–water partition coefficient (Wildman–Crippen LogP) is 1.65. The van der Waals surface area contributed by atoms with Gasteiger partial charge in [0.25, 0.3) is 0 Å². The smallest absolute Gasteiger partial charge is 0.463 e. The van der Waals surface area contributed by atoms with Gasteiger partial charge in [-0.3, -0.25) is 4.79 Å². The van der Waals surface area contributed by atoms with Crippen LogP contribution in [0.4, 0.5) is 4.79 Å². The van der Waals surface area contributed by atoms with Crippen LogP contribution in [-0.4, -0.2) is 31.4 Å². The van der Waals surface area contributed by atoms with Gasteiger partial charge in [0.05, 0.1) is 19.3 Å². The Morgan fingerprint density at radius 3 is 2.13 bits per heavy atom. The lowest BCUT2D eigenvalue weighted by Gasteiger charge is -2.17. The van der Waals surface area contributed by atoms with Crippen LogP contribution in [0.15, 0.2) is 0 Å². The molecular weight excluding hydrogens is 200 g/mol. The molecule has 5 nitrogen and oxygen atoms in total. The summed E-state index contributed by atoms with van der Waals surface area (Å²) in [5.74, 6) is -0.0382. The SMILES string of the molecule is CC1CCCC(=O)O1.O=C1OCCCO1. The lowest BCUT2D eigenvalue weighted by molar-refractivity contribution is -0.152. The molecule has 0 radical (unpaired) electrons. The summed E-state index contributed by atoms with van der Waals surface area (Å²) in [5.41, 5.74) is 0. The molecule has 0 aromatic carbocycles. The van der Waals surface area contributed by atoms with Gasteiger partial charge in [0, 0.05) is 12.8 Å². The van der Waals surface area contributed by atoms with Crippen LogP contribution < -0.4 is 0 Å². The molecule has 0 bridgehead atoms. The van der Waals surface area contributed by atoms with Crippen molar-refractivity contribution < 1.29 is 23.8 Å². The van der Waals surface area contributed by atoms with E-state index < -0.39 is 6.16 Å². The van der Waals surface area contributed by atoms with Crippen molar-refractivity contribution in [2.45, 2.75) is 38.7 Å². The lowest BCUT2D eigenvalue weighted by atomic mass is 10.1. The zero-order valence-corrected chi connectivity index (χ0v) is 8.86. The van der Waals surface area contributed by atoms with Crippen LogP contribution in [0.25, 0.3) is 0 Å². The van der Waals surface area contributed by atoms with Gasteiger partial charge in [-0.25, -0.2) is 4.79 Å². The van der Waals surface area contributed by atoms with E-state index in [-0.39, 0.29) is 12.1 Å². The fourth-order valence-electron chi connectivity index (χ4n) is 1.29. The summed E-state index contributed by atoms with van der Waals surface area (Å²) in [4.78, 5) is 20.5. The number of carbonyl (C=O) groups excluding carboxylic acids is 2. The van der Waals surface area contributed by atoms with Crippen LogP contribution in [0.1, 0.15) is 32.6 Å². The average Bonchev–Trinajstić information content (AvgIpc) is 2.19. The maximum Gasteiger partial charge on any atom is 0.508 e. The topological polar surface area (TPSA) is 61.8 Å². The summed E-state index contributed by atoms with van der Waals surface area (Å²) in [6.07, 6.45) is 3.10. The minimum absolute atomic E-state index is 0.0382. The Bertz CT molecular complexity index is 218. The van der Waals surface area contributed by atoms with Gasteiger partial charge in [-0.1, -0.05) is 0 Å². The molecule has 2 fully saturated rings. The van der Waals surface area contributed by atoms with Gasteiger partial charge in [-0.05, 0) is 19.8 Å².